The molecular weight excluding hydrogens is 596 g/mol. The van der Waals surface area contributed by atoms with E-state index in [9.17, 15) is 14.4 Å². The number of nitrogens with one attached hydrogen (secondary N) is 1. The Balaban J connectivity index is 0.0000101. The van der Waals surface area contributed by atoms with Gasteiger partial charge in [0.1, 0.15) is 6.04 Å². The van der Waals surface area contributed by atoms with Gasteiger partial charge >= 0.3 is 11.9 Å². The number of halogens is 1. The van der Waals surface area contributed by atoms with E-state index in [1.54, 1.807) is 4.57 Å². The summed E-state index contributed by atoms with van der Waals surface area (Å²) in [6, 6.07) is -0.697. The summed E-state index contributed by atoms with van der Waals surface area (Å²) in [7, 11) is 0. The van der Waals surface area contributed by atoms with Gasteiger partial charge in [-0.1, -0.05) is 111 Å². The summed E-state index contributed by atoms with van der Waals surface area (Å²) in [6.45, 7) is 6.60. The number of hydrogen-bond acceptors (Lipinski definition) is 9. The SMILES string of the molecule is CCCCCCCCCCCCCCCCCC(=O)OC[C@H](CCOC(=O)[C@@H](N)C(C)C)Cn1cnc2c(=O)[nH]c(N)nc21.Cl. The lowest BCUT2D eigenvalue weighted by Crippen LogP contribution is -2.37. The molecule has 2 aromatic heterocycles. The third-order valence-electron chi connectivity index (χ3n) is 8.17. The molecule has 0 unspecified atom stereocenters. The number of rotatable bonds is 25. The Morgan fingerprint density at radius 2 is 1.47 bits per heavy atom. The van der Waals surface area contributed by atoms with Crippen LogP contribution in [-0.2, 0) is 25.6 Å². The molecule has 0 aliphatic heterocycles. The lowest BCUT2D eigenvalue weighted by atomic mass is 10.0. The highest BCUT2D eigenvalue weighted by Gasteiger charge is 2.21. The van der Waals surface area contributed by atoms with E-state index in [0.717, 1.165) is 19.3 Å². The van der Waals surface area contributed by atoms with Crippen LogP contribution >= 0.6 is 12.4 Å². The number of aromatic nitrogens is 4. The van der Waals surface area contributed by atoms with E-state index in [4.69, 9.17) is 20.9 Å². The van der Waals surface area contributed by atoms with Gasteiger partial charge in [-0.2, -0.15) is 4.98 Å². The molecule has 0 saturated carbocycles. The first kappa shape index (κ1) is 40.4. The molecule has 0 saturated heterocycles. The minimum atomic E-state index is -0.697. The number of esters is 2. The van der Waals surface area contributed by atoms with Crippen LogP contribution in [0.1, 0.15) is 130 Å². The lowest BCUT2D eigenvalue weighted by molar-refractivity contribution is -0.149. The molecule has 12 heteroatoms. The number of unbranched alkanes of at least 4 members (excludes halogenated alkanes) is 14. The second-order valence-corrected chi connectivity index (χ2v) is 12.5. The fourth-order valence-corrected chi connectivity index (χ4v) is 5.23. The number of nitrogens with two attached hydrogens (primary N) is 2. The zero-order valence-electron chi connectivity index (χ0n) is 27.9. The van der Waals surface area contributed by atoms with Crippen molar-refractivity contribution in [3.63, 3.8) is 0 Å². The summed E-state index contributed by atoms with van der Waals surface area (Å²) in [5.74, 6) is -0.947. The number of aromatic amines is 1. The summed E-state index contributed by atoms with van der Waals surface area (Å²) < 4.78 is 12.7. The van der Waals surface area contributed by atoms with Crippen molar-refractivity contribution < 1.29 is 19.1 Å². The van der Waals surface area contributed by atoms with Crippen LogP contribution in [0.5, 0.6) is 0 Å². The van der Waals surface area contributed by atoms with E-state index in [-0.39, 0.29) is 54.9 Å². The van der Waals surface area contributed by atoms with Gasteiger partial charge in [-0.3, -0.25) is 19.4 Å². The van der Waals surface area contributed by atoms with Crippen LogP contribution in [0.15, 0.2) is 11.1 Å². The van der Waals surface area contributed by atoms with Gasteiger partial charge in [0.05, 0.1) is 19.5 Å². The molecular formula is C33H59ClN6O5. The number of ether oxygens (including phenoxy) is 2. The number of carbonyl (C=O) groups is 2. The first-order chi connectivity index (χ1) is 21.2. The molecule has 0 aromatic carbocycles. The minimum absolute atomic E-state index is 0. The van der Waals surface area contributed by atoms with Gasteiger partial charge in [0.15, 0.2) is 11.2 Å². The molecule has 2 heterocycles. The van der Waals surface area contributed by atoms with Crippen LogP contribution in [0.3, 0.4) is 0 Å². The maximum Gasteiger partial charge on any atom is 0.323 e. The lowest BCUT2D eigenvalue weighted by Gasteiger charge is -2.19. The largest absolute Gasteiger partial charge is 0.465 e. The molecule has 5 N–H and O–H groups in total. The Labute approximate surface area is 275 Å². The van der Waals surface area contributed by atoms with E-state index >= 15 is 0 Å². The highest BCUT2D eigenvalue weighted by molar-refractivity contribution is 5.85. The predicted octanol–water partition coefficient (Wildman–Crippen LogP) is 6.46. The number of nitrogens with zero attached hydrogens (tertiary/aromatic N) is 3. The maximum absolute atomic E-state index is 12.5. The van der Waals surface area contributed by atoms with Gasteiger partial charge in [0.2, 0.25) is 5.95 Å². The summed E-state index contributed by atoms with van der Waals surface area (Å²) in [6.07, 6.45) is 21.4. The molecule has 258 valence electrons. The van der Waals surface area contributed by atoms with Crippen LogP contribution in [0, 0.1) is 11.8 Å². The molecule has 0 amide bonds. The first-order valence-electron chi connectivity index (χ1n) is 17.0. The number of carbonyl (C=O) groups excluding carboxylic acids is 2. The molecule has 0 bridgehead atoms. The quantitative estimate of drug-likeness (QED) is 0.0803. The molecule has 0 aliphatic carbocycles. The van der Waals surface area contributed by atoms with Crippen LogP contribution in [0.2, 0.25) is 0 Å². The fraction of sp³-hybridized carbons (Fsp3) is 0.788. The van der Waals surface area contributed by atoms with Crippen LogP contribution in [-0.4, -0.2) is 50.7 Å². The monoisotopic (exact) mass is 654 g/mol. The Kier molecular flexibility index (Phi) is 21.2. The number of H-pyrrole nitrogens is 1. The molecule has 11 nitrogen and oxygen atoms in total. The summed E-state index contributed by atoms with van der Waals surface area (Å²) in [4.78, 5) is 47.7. The van der Waals surface area contributed by atoms with E-state index in [0.29, 0.717) is 25.0 Å². The van der Waals surface area contributed by atoms with Gasteiger partial charge in [0.25, 0.3) is 5.56 Å². The second-order valence-electron chi connectivity index (χ2n) is 12.5. The Morgan fingerprint density at radius 3 is 2.02 bits per heavy atom. The van der Waals surface area contributed by atoms with Crippen molar-refractivity contribution in [1.82, 2.24) is 19.5 Å². The van der Waals surface area contributed by atoms with Crippen molar-refractivity contribution >= 4 is 41.5 Å². The van der Waals surface area contributed by atoms with Gasteiger partial charge < -0.3 is 25.5 Å². The average molecular weight is 655 g/mol. The number of fused-ring (bicyclic) bond motifs is 1. The van der Waals surface area contributed by atoms with Crippen molar-refractivity contribution in [2.45, 2.75) is 143 Å². The minimum Gasteiger partial charge on any atom is -0.465 e. The first-order valence-corrected chi connectivity index (χ1v) is 17.0. The highest BCUT2D eigenvalue weighted by Crippen LogP contribution is 2.16. The van der Waals surface area contributed by atoms with E-state index in [1.807, 2.05) is 13.8 Å². The summed E-state index contributed by atoms with van der Waals surface area (Å²) >= 11 is 0. The van der Waals surface area contributed by atoms with Crippen molar-refractivity contribution in [3.05, 3.63) is 16.7 Å². The van der Waals surface area contributed by atoms with E-state index in [1.165, 1.54) is 83.4 Å². The molecule has 0 radical (unpaired) electrons. The van der Waals surface area contributed by atoms with Gasteiger partial charge in [-0.05, 0) is 18.8 Å². The number of hydrogen-bond donors (Lipinski definition) is 3. The number of anilines is 1. The molecule has 2 aromatic rings. The second kappa shape index (κ2) is 23.6. The van der Waals surface area contributed by atoms with Gasteiger partial charge in [-0.25, -0.2) is 4.98 Å². The summed E-state index contributed by atoms with van der Waals surface area (Å²) in [5, 5.41) is 0. The Hall–Kier alpha value is -2.66. The topological polar surface area (TPSA) is 168 Å². The van der Waals surface area contributed by atoms with Crippen molar-refractivity contribution in [1.29, 1.82) is 0 Å². The number of nitrogen functional groups attached to an aromatic ring is 1. The zero-order valence-corrected chi connectivity index (χ0v) is 28.7. The van der Waals surface area contributed by atoms with Gasteiger partial charge in [-0.15, -0.1) is 12.4 Å². The average Bonchev–Trinajstić information content (AvgIpc) is 3.39. The molecule has 45 heavy (non-hydrogen) atoms. The smallest absolute Gasteiger partial charge is 0.323 e. The fourth-order valence-electron chi connectivity index (χ4n) is 5.23. The van der Waals surface area contributed by atoms with E-state index in [2.05, 4.69) is 21.9 Å². The van der Waals surface area contributed by atoms with Crippen molar-refractivity contribution in [2.75, 3.05) is 18.9 Å². The summed E-state index contributed by atoms with van der Waals surface area (Å²) in [5.41, 5.74) is 11.7. The third kappa shape index (κ3) is 16.5. The number of imidazole rings is 1. The normalized spacial score (nSPS) is 12.6. The van der Waals surface area contributed by atoms with Crippen LogP contribution < -0.4 is 17.0 Å². The third-order valence-corrected chi connectivity index (χ3v) is 8.17. The molecule has 0 spiro atoms. The Morgan fingerprint density at radius 1 is 0.911 bits per heavy atom. The van der Waals surface area contributed by atoms with E-state index < -0.39 is 17.6 Å². The van der Waals surface area contributed by atoms with Crippen molar-refractivity contribution in [3.8, 4) is 0 Å². The molecule has 2 rings (SSSR count). The van der Waals surface area contributed by atoms with Crippen LogP contribution in [0.4, 0.5) is 5.95 Å². The Bertz CT molecular complexity index is 1150. The zero-order chi connectivity index (χ0) is 32.2. The van der Waals surface area contributed by atoms with Crippen molar-refractivity contribution in [2.24, 2.45) is 17.6 Å². The maximum atomic E-state index is 12.5. The predicted molar refractivity (Wildman–Crippen MR) is 182 cm³/mol. The molecule has 0 fully saturated rings. The van der Waals surface area contributed by atoms with Crippen LogP contribution in [0.25, 0.3) is 11.2 Å². The molecule has 2 atom stereocenters. The van der Waals surface area contributed by atoms with Gasteiger partial charge in [0, 0.05) is 18.9 Å². The highest BCUT2D eigenvalue weighted by atomic mass is 35.5. The molecule has 0 aliphatic rings. The standard InChI is InChI=1S/C33H58N6O5.ClH/c1-4-5-6-7-8-9-10-11-12-13-14-15-16-17-18-19-27(40)44-23-26(20-21-43-32(42)28(34)25(2)3)22-39-24-36-29-30(39)37-33(35)38-31(29)41;/h24-26,28H,4-23,34H2,1-3H3,(H3,35,37,38,41);1H/t26-,28+;/m1./s1.